The molecule has 0 saturated carbocycles. The fourth-order valence-corrected chi connectivity index (χ4v) is 7.44. The van der Waals surface area contributed by atoms with Gasteiger partial charge in [-0.25, -0.2) is 0 Å². The minimum absolute atomic E-state index is 0.0671. The van der Waals surface area contributed by atoms with Gasteiger partial charge in [0, 0.05) is 19.3 Å². The molecule has 0 fully saturated rings. The van der Waals surface area contributed by atoms with Crippen LogP contribution in [0.3, 0.4) is 0 Å². The van der Waals surface area contributed by atoms with E-state index in [-0.39, 0.29) is 31.1 Å². The zero-order chi connectivity index (χ0) is 41.5. The van der Waals surface area contributed by atoms with Crippen molar-refractivity contribution in [2.24, 2.45) is 0 Å². The van der Waals surface area contributed by atoms with Crippen molar-refractivity contribution < 1.29 is 28.6 Å². The summed E-state index contributed by atoms with van der Waals surface area (Å²) in [5.74, 6) is -0.867. The first-order chi connectivity index (χ1) is 28.0. The molecular weight excluding hydrogens is 709 g/mol. The van der Waals surface area contributed by atoms with E-state index in [0.29, 0.717) is 19.3 Å². The molecule has 57 heavy (non-hydrogen) atoms. The van der Waals surface area contributed by atoms with Crippen LogP contribution in [0.5, 0.6) is 0 Å². The number of allylic oxidation sites excluding steroid dienone is 2. The molecule has 6 nitrogen and oxygen atoms in total. The molecule has 0 aromatic heterocycles. The molecule has 6 heteroatoms. The van der Waals surface area contributed by atoms with E-state index in [2.05, 4.69) is 32.9 Å². The molecule has 1 atom stereocenters. The highest BCUT2D eigenvalue weighted by molar-refractivity contribution is 5.71. The summed E-state index contributed by atoms with van der Waals surface area (Å²) in [5, 5.41) is 0. The second-order valence-electron chi connectivity index (χ2n) is 17.1. The Morgan fingerprint density at radius 2 is 0.579 bits per heavy atom. The highest BCUT2D eigenvalue weighted by atomic mass is 16.6. The fraction of sp³-hybridized carbons (Fsp3) is 0.902. The summed E-state index contributed by atoms with van der Waals surface area (Å²) in [6, 6.07) is 0. The van der Waals surface area contributed by atoms with Crippen LogP contribution in [0.25, 0.3) is 0 Å². The van der Waals surface area contributed by atoms with Crippen LogP contribution in [0.1, 0.15) is 278 Å². The summed E-state index contributed by atoms with van der Waals surface area (Å²) in [5.41, 5.74) is 0. The van der Waals surface area contributed by atoms with E-state index in [1.807, 2.05) is 0 Å². The van der Waals surface area contributed by atoms with Crippen molar-refractivity contribution in [3.63, 3.8) is 0 Å². The van der Waals surface area contributed by atoms with Crippen LogP contribution < -0.4 is 0 Å². The van der Waals surface area contributed by atoms with Crippen molar-refractivity contribution in [2.45, 2.75) is 284 Å². The molecule has 0 aromatic carbocycles. The van der Waals surface area contributed by atoms with E-state index in [1.165, 1.54) is 180 Å². The third kappa shape index (κ3) is 45.1. The van der Waals surface area contributed by atoms with Crippen molar-refractivity contribution in [2.75, 3.05) is 13.2 Å². The standard InChI is InChI=1S/C51H96O6/c1-4-7-10-13-16-18-20-22-23-24-25-26-27-28-29-30-32-33-35-38-41-44-50(53)56-47-48(46-55-49(52)43-40-37-15-12-9-6-3)57-51(54)45-42-39-36-34-31-21-19-17-14-11-8-5-2/h24-25,48H,4-23,26-47H2,1-3H3/b25-24-. The summed E-state index contributed by atoms with van der Waals surface area (Å²) in [4.78, 5) is 37.6. The van der Waals surface area contributed by atoms with Gasteiger partial charge in [0.15, 0.2) is 6.10 Å². The maximum absolute atomic E-state index is 12.7. The van der Waals surface area contributed by atoms with Gasteiger partial charge in [-0.1, -0.05) is 226 Å². The maximum Gasteiger partial charge on any atom is 0.306 e. The summed E-state index contributed by atoms with van der Waals surface area (Å²) in [6.45, 7) is 6.60. The lowest BCUT2D eigenvalue weighted by Gasteiger charge is -2.18. The molecule has 0 aliphatic rings. The van der Waals surface area contributed by atoms with Crippen LogP contribution in [0.15, 0.2) is 12.2 Å². The van der Waals surface area contributed by atoms with Crippen LogP contribution in [0.4, 0.5) is 0 Å². The number of unbranched alkanes of at least 4 members (excludes halogenated alkanes) is 33. The number of rotatable bonds is 46. The smallest absolute Gasteiger partial charge is 0.306 e. The van der Waals surface area contributed by atoms with Gasteiger partial charge in [-0.05, 0) is 44.9 Å². The van der Waals surface area contributed by atoms with Gasteiger partial charge in [0.05, 0.1) is 0 Å². The number of hydrogen-bond acceptors (Lipinski definition) is 6. The molecule has 0 saturated heterocycles. The molecule has 0 aliphatic heterocycles. The van der Waals surface area contributed by atoms with Gasteiger partial charge < -0.3 is 14.2 Å². The van der Waals surface area contributed by atoms with Gasteiger partial charge in [0.25, 0.3) is 0 Å². The summed E-state index contributed by atoms with van der Waals surface area (Å²) >= 11 is 0. The zero-order valence-electron chi connectivity index (χ0n) is 38.4. The van der Waals surface area contributed by atoms with Crippen molar-refractivity contribution in [3.8, 4) is 0 Å². The first-order valence-electron chi connectivity index (χ1n) is 25.2. The zero-order valence-corrected chi connectivity index (χ0v) is 38.4. The quantitative estimate of drug-likeness (QED) is 0.0264. The Hall–Kier alpha value is -1.85. The van der Waals surface area contributed by atoms with Crippen molar-refractivity contribution in [3.05, 3.63) is 12.2 Å². The van der Waals surface area contributed by atoms with Crippen LogP contribution in [-0.4, -0.2) is 37.2 Å². The first kappa shape index (κ1) is 55.2. The molecule has 0 amide bonds. The third-order valence-electron chi connectivity index (χ3n) is 11.3. The molecule has 0 N–H and O–H groups in total. The Labute approximate surface area is 354 Å². The van der Waals surface area contributed by atoms with E-state index in [1.54, 1.807) is 0 Å². The average molecular weight is 805 g/mol. The average Bonchev–Trinajstić information content (AvgIpc) is 3.21. The minimum Gasteiger partial charge on any atom is -0.462 e. The van der Waals surface area contributed by atoms with Gasteiger partial charge in [-0.15, -0.1) is 0 Å². The highest BCUT2D eigenvalue weighted by Crippen LogP contribution is 2.16. The molecule has 0 aliphatic carbocycles. The SMILES string of the molecule is CCCCCCCCCC/C=C\CCCCCCCCCCCC(=O)OCC(COC(=O)CCCCCCCC)OC(=O)CCCCCCCCCCCCCC. The monoisotopic (exact) mass is 805 g/mol. The molecule has 0 bridgehead atoms. The normalized spacial score (nSPS) is 12.0. The lowest BCUT2D eigenvalue weighted by Crippen LogP contribution is -2.30. The van der Waals surface area contributed by atoms with E-state index in [0.717, 1.165) is 57.8 Å². The molecule has 0 spiro atoms. The van der Waals surface area contributed by atoms with Gasteiger partial charge in [-0.2, -0.15) is 0 Å². The van der Waals surface area contributed by atoms with Gasteiger partial charge in [0.1, 0.15) is 13.2 Å². The predicted octanol–water partition coefficient (Wildman–Crippen LogP) is 16.2. The number of esters is 3. The third-order valence-corrected chi connectivity index (χ3v) is 11.3. The van der Waals surface area contributed by atoms with Gasteiger partial charge in [0.2, 0.25) is 0 Å². The summed E-state index contributed by atoms with van der Waals surface area (Å²) in [6.07, 6.45) is 50.8. The highest BCUT2D eigenvalue weighted by Gasteiger charge is 2.19. The molecule has 1 unspecified atom stereocenters. The predicted molar refractivity (Wildman–Crippen MR) is 243 cm³/mol. The van der Waals surface area contributed by atoms with E-state index < -0.39 is 6.10 Å². The van der Waals surface area contributed by atoms with E-state index in [4.69, 9.17) is 14.2 Å². The molecule has 0 rings (SSSR count). The maximum atomic E-state index is 12.7. The van der Waals surface area contributed by atoms with Crippen LogP contribution in [-0.2, 0) is 28.6 Å². The number of hydrogen-bond donors (Lipinski definition) is 0. The van der Waals surface area contributed by atoms with Crippen molar-refractivity contribution >= 4 is 17.9 Å². The first-order valence-corrected chi connectivity index (χ1v) is 25.2. The summed E-state index contributed by atoms with van der Waals surface area (Å²) in [7, 11) is 0. The van der Waals surface area contributed by atoms with E-state index in [9.17, 15) is 14.4 Å². The fourth-order valence-electron chi connectivity index (χ4n) is 7.44. The Balaban J connectivity index is 4.12. The number of ether oxygens (including phenoxy) is 3. The lowest BCUT2D eigenvalue weighted by molar-refractivity contribution is -0.167. The van der Waals surface area contributed by atoms with Crippen LogP contribution in [0.2, 0.25) is 0 Å². The Bertz CT molecular complexity index is 885. The van der Waals surface area contributed by atoms with Gasteiger partial charge >= 0.3 is 17.9 Å². The second kappa shape index (κ2) is 46.8. The molecule has 336 valence electrons. The largest absolute Gasteiger partial charge is 0.462 e. The van der Waals surface area contributed by atoms with E-state index >= 15 is 0 Å². The van der Waals surface area contributed by atoms with Gasteiger partial charge in [-0.3, -0.25) is 14.4 Å². The number of carbonyl (C=O) groups excluding carboxylic acids is 3. The molecule has 0 heterocycles. The van der Waals surface area contributed by atoms with Crippen molar-refractivity contribution in [1.82, 2.24) is 0 Å². The minimum atomic E-state index is -0.761. The van der Waals surface area contributed by atoms with Crippen LogP contribution >= 0.6 is 0 Å². The molecule has 0 radical (unpaired) electrons. The topological polar surface area (TPSA) is 78.9 Å². The second-order valence-corrected chi connectivity index (χ2v) is 17.1. The lowest BCUT2D eigenvalue weighted by atomic mass is 10.0. The summed E-state index contributed by atoms with van der Waals surface area (Å²) < 4.78 is 16.7. The Morgan fingerprint density at radius 3 is 0.877 bits per heavy atom. The van der Waals surface area contributed by atoms with Crippen molar-refractivity contribution in [1.29, 1.82) is 0 Å². The molecular formula is C51H96O6. The number of carbonyl (C=O) groups is 3. The van der Waals surface area contributed by atoms with Crippen LogP contribution in [0, 0.1) is 0 Å². The Kier molecular flexibility index (Phi) is 45.3. The Morgan fingerprint density at radius 1 is 0.333 bits per heavy atom. The molecule has 0 aromatic rings.